The van der Waals surface area contributed by atoms with E-state index >= 15 is 0 Å². The van der Waals surface area contributed by atoms with Crippen LogP contribution in [-0.2, 0) is 16.1 Å². The van der Waals surface area contributed by atoms with Crippen molar-refractivity contribution in [1.29, 1.82) is 0 Å². The summed E-state index contributed by atoms with van der Waals surface area (Å²) < 4.78 is 85.8. The van der Waals surface area contributed by atoms with Crippen molar-refractivity contribution < 1.29 is 36.2 Å². The summed E-state index contributed by atoms with van der Waals surface area (Å²) >= 11 is 0. The Kier molecular flexibility index (Phi) is 9.23. The van der Waals surface area contributed by atoms with Crippen LogP contribution in [0, 0.1) is 46.8 Å². The van der Waals surface area contributed by atoms with Crippen molar-refractivity contribution in [3.63, 3.8) is 0 Å². The summed E-state index contributed by atoms with van der Waals surface area (Å²) in [5.74, 6) is -5.50. The largest absolute Gasteiger partial charge is 0.483 e. The minimum atomic E-state index is -1.62. The van der Waals surface area contributed by atoms with E-state index in [2.05, 4.69) is 6.92 Å². The zero-order valence-electron chi connectivity index (χ0n) is 20.5. The van der Waals surface area contributed by atoms with Gasteiger partial charge < -0.3 is 14.2 Å². The smallest absolute Gasteiger partial charge is 0.194 e. The molecule has 1 aliphatic carbocycles. The molecule has 1 saturated heterocycles. The molecule has 2 aliphatic rings. The highest BCUT2D eigenvalue weighted by atomic mass is 19.2. The lowest BCUT2D eigenvalue weighted by Crippen LogP contribution is -2.34. The molecule has 0 amide bonds. The lowest BCUT2D eigenvalue weighted by molar-refractivity contribution is -0.215. The van der Waals surface area contributed by atoms with E-state index in [9.17, 15) is 22.0 Å². The lowest BCUT2D eigenvalue weighted by Gasteiger charge is -2.38. The molecule has 2 aromatic rings. The van der Waals surface area contributed by atoms with Gasteiger partial charge in [0.15, 0.2) is 41.1 Å². The molecule has 0 unspecified atom stereocenters. The van der Waals surface area contributed by atoms with Gasteiger partial charge in [-0.25, -0.2) is 22.0 Å². The number of halogens is 5. The van der Waals surface area contributed by atoms with Crippen LogP contribution >= 0.6 is 0 Å². The topological polar surface area (TPSA) is 27.7 Å². The molecule has 36 heavy (non-hydrogen) atoms. The van der Waals surface area contributed by atoms with Gasteiger partial charge in [0, 0.05) is 11.5 Å². The van der Waals surface area contributed by atoms with E-state index in [1.807, 2.05) is 0 Å². The van der Waals surface area contributed by atoms with Crippen molar-refractivity contribution in [2.45, 2.75) is 71.2 Å². The highest BCUT2D eigenvalue weighted by Gasteiger charge is 2.33. The molecule has 0 spiro atoms. The summed E-state index contributed by atoms with van der Waals surface area (Å²) in [6, 6.07) is 3.55. The van der Waals surface area contributed by atoms with Crippen LogP contribution in [0.3, 0.4) is 0 Å². The van der Waals surface area contributed by atoms with Crippen LogP contribution in [0.5, 0.6) is 5.75 Å². The SMILES string of the molecule is CCCCCC1CCC(C2COC(c3cc(F)c(OCc4cc(F)c(F)c(F)c4)c(F)c3)OC2)CC1. The Morgan fingerprint density at radius 2 is 1.39 bits per heavy atom. The quantitative estimate of drug-likeness (QED) is 0.194. The maximum absolute atomic E-state index is 14.6. The molecule has 2 fully saturated rings. The fourth-order valence-corrected chi connectivity index (χ4v) is 5.31. The third-order valence-electron chi connectivity index (χ3n) is 7.42. The Balaban J connectivity index is 1.29. The van der Waals surface area contributed by atoms with Crippen LogP contribution in [0.2, 0.25) is 0 Å². The Morgan fingerprint density at radius 1 is 0.778 bits per heavy atom. The van der Waals surface area contributed by atoms with E-state index in [1.165, 1.54) is 38.5 Å². The van der Waals surface area contributed by atoms with Gasteiger partial charge in [-0.1, -0.05) is 45.4 Å². The van der Waals surface area contributed by atoms with Crippen LogP contribution in [0.1, 0.15) is 75.7 Å². The number of unbranched alkanes of at least 4 members (excludes halogenated alkanes) is 2. The average Bonchev–Trinajstić information content (AvgIpc) is 2.87. The minimum Gasteiger partial charge on any atom is -0.483 e. The molecule has 0 N–H and O–H groups in total. The summed E-state index contributed by atoms with van der Waals surface area (Å²) in [4.78, 5) is 0. The van der Waals surface area contributed by atoms with E-state index in [4.69, 9.17) is 14.2 Å². The van der Waals surface area contributed by atoms with Gasteiger partial charge in [0.25, 0.3) is 0 Å². The maximum Gasteiger partial charge on any atom is 0.194 e. The first-order valence-corrected chi connectivity index (χ1v) is 12.8. The van der Waals surface area contributed by atoms with Gasteiger partial charge in [0.05, 0.1) is 13.2 Å². The first-order chi connectivity index (χ1) is 17.4. The summed E-state index contributed by atoms with van der Waals surface area (Å²) in [7, 11) is 0. The number of benzene rings is 2. The molecule has 198 valence electrons. The molecular formula is C28H33F5O3. The van der Waals surface area contributed by atoms with E-state index in [-0.39, 0.29) is 17.0 Å². The standard InChI is InChI=1S/C28H33F5O3/c1-2-3-4-5-17-6-8-19(9-7-17)21-15-35-28(36-16-21)20-12-24(31)27(25(32)13-20)34-14-18-10-22(29)26(33)23(30)11-18/h10-13,17,19,21,28H,2-9,14-16H2,1H3. The number of ether oxygens (including phenoxy) is 3. The summed E-state index contributed by atoms with van der Waals surface area (Å²) in [5, 5.41) is 0. The number of hydrogen-bond acceptors (Lipinski definition) is 3. The van der Waals surface area contributed by atoms with E-state index in [0.29, 0.717) is 31.3 Å². The summed E-state index contributed by atoms with van der Waals surface area (Å²) in [6.07, 6.45) is 9.09. The molecule has 4 rings (SSSR count). The van der Waals surface area contributed by atoms with E-state index in [1.54, 1.807) is 0 Å². The second-order valence-electron chi connectivity index (χ2n) is 10.0. The van der Waals surface area contributed by atoms with Crippen molar-refractivity contribution >= 4 is 0 Å². The van der Waals surface area contributed by atoms with Crippen molar-refractivity contribution in [2.24, 2.45) is 17.8 Å². The molecule has 1 aliphatic heterocycles. The van der Waals surface area contributed by atoms with Crippen molar-refractivity contribution in [3.05, 3.63) is 64.5 Å². The van der Waals surface area contributed by atoms with Crippen molar-refractivity contribution in [3.8, 4) is 5.75 Å². The Labute approximate surface area is 208 Å². The minimum absolute atomic E-state index is 0.103. The van der Waals surface area contributed by atoms with Gasteiger partial charge in [-0.05, 0) is 54.5 Å². The van der Waals surface area contributed by atoms with Crippen LogP contribution < -0.4 is 4.74 Å². The predicted molar refractivity (Wildman–Crippen MR) is 125 cm³/mol. The Hall–Kier alpha value is -2.19. The van der Waals surface area contributed by atoms with Crippen LogP contribution in [-0.4, -0.2) is 13.2 Å². The normalized spacial score (nSPS) is 24.6. The fourth-order valence-electron chi connectivity index (χ4n) is 5.31. The summed E-state index contributed by atoms with van der Waals surface area (Å²) in [6.45, 7) is 2.62. The molecule has 8 heteroatoms. The molecule has 3 nitrogen and oxygen atoms in total. The van der Waals surface area contributed by atoms with Gasteiger partial charge in [0.2, 0.25) is 0 Å². The van der Waals surface area contributed by atoms with Crippen LogP contribution in [0.25, 0.3) is 0 Å². The van der Waals surface area contributed by atoms with E-state index < -0.39 is 47.7 Å². The third-order valence-corrected chi connectivity index (χ3v) is 7.42. The molecule has 0 bridgehead atoms. The number of rotatable bonds is 9. The molecule has 2 aromatic carbocycles. The van der Waals surface area contributed by atoms with Gasteiger partial charge in [0.1, 0.15) is 6.61 Å². The highest BCUT2D eigenvalue weighted by molar-refractivity contribution is 5.32. The van der Waals surface area contributed by atoms with Gasteiger partial charge in [-0.15, -0.1) is 0 Å². The first kappa shape index (κ1) is 26.9. The second-order valence-corrected chi connectivity index (χ2v) is 10.0. The Morgan fingerprint density at radius 3 is 1.97 bits per heavy atom. The molecule has 0 radical (unpaired) electrons. The molecule has 0 atom stereocenters. The average molecular weight is 513 g/mol. The van der Waals surface area contributed by atoms with E-state index in [0.717, 1.165) is 30.9 Å². The van der Waals surface area contributed by atoms with Gasteiger partial charge in [-0.2, -0.15) is 0 Å². The first-order valence-electron chi connectivity index (χ1n) is 12.8. The zero-order valence-corrected chi connectivity index (χ0v) is 20.5. The molecule has 0 aromatic heterocycles. The van der Waals surface area contributed by atoms with Gasteiger partial charge >= 0.3 is 0 Å². The predicted octanol–water partition coefficient (Wildman–Crippen LogP) is 8.01. The Bertz CT molecular complexity index is 968. The fraction of sp³-hybridized carbons (Fsp3) is 0.571. The van der Waals surface area contributed by atoms with Crippen LogP contribution in [0.4, 0.5) is 22.0 Å². The molecular weight excluding hydrogens is 479 g/mol. The zero-order chi connectivity index (χ0) is 25.7. The lowest BCUT2D eigenvalue weighted by atomic mass is 9.74. The summed E-state index contributed by atoms with van der Waals surface area (Å²) in [5.41, 5.74) is 0.0866. The maximum atomic E-state index is 14.6. The highest BCUT2D eigenvalue weighted by Crippen LogP contribution is 2.39. The number of hydrogen-bond donors (Lipinski definition) is 0. The molecule has 1 saturated carbocycles. The second kappa shape index (κ2) is 12.4. The van der Waals surface area contributed by atoms with Crippen molar-refractivity contribution in [1.82, 2.24) is 0 Å². The third kappa shape index (κ3) is 6.57. The van der Waals surface area contributed by atoms with Crippen molar-refractivity contribution in [2.75, 3.05) is 13.2 Å². The van der Waals surface area contributed by atoms with Crippen LogP contribution in [0.15, 0.2) is 24.3 Å². The monoisotopic (exact) mass is 512 g/mol. The molecule has 1 heterocycles. The van der Waals surface area contributed by atoms with Gasteiger partial charge in [-0.3, -0.25) is 0 Å².